The molecular weight excluding hydrogens is 378 g/mol. The Balaban J connectivity index is 3.14. The SMILES string of the molecule is O=C(O)CCC(CP(=O)(O)C(F)c1cc(F)c(F)c(F)c1F)C(=O)O. The maximum atomic E-state index is 14.2. The van der Waals surface area contributed by atoms with Crippen molar-refractivity contribution >= 4 is 19.3 Å². The number of hydrogen-bond acceptors (Lipinski definition) is 3. The summed E-state index contributed by atoms with van der Waals surface area (Å²) < 4.78 is 78.7. The first kappa shape index (κ1) is 21.0. The average Bonchev–Trinajstić information content (AvgIpc) is 2.51. The molecular formula is C13H12F5O6P. The van der Waals surface area contributed by atoms with Crippen LogP contribution in [0.15, 0.2) is 6.07 Å². The molecule has 0 bridgehead atoms. The number of alkyl halides is 1. The van der Waals surface area contributed by atoms with E-state index in [9.17, 15) is 41.0 Å². The third-order valence-electron chi connectivity index (χ3n) is 3.28. The minimum Gasteiger partial charge on any atom is -0.481 e. The van der Waals surface area contributed by atoms with Gasteiger partial charge in [0.2, 0.25) is 13.3 Å². The van der Waals surface area contributed by atoms with Crippen LogP contribution in [-0.2, 0) is 14.2 Å². The zero-order valence-corrected chi connectivity index (χ0v) is 13.2. The van der Waals surface area contributed by atoms with Crippen LogP contribution < -0.4 is 0 Å². The summed E-state index contributed by atoms with van der Waals surface area (Å²) in [6.07, 6.45) is -2.64. The second-order valence-corrected chi connectivity index (χ2v) is 7.46. The number of carboxylic acid groups (broad SMARTS) is 2. The molecule has 0 aliphatic carbocycles. The summed E-state index contributed by atoms with van der Waals surface area (Å²) in [5.74, 6) is -17.0. The molecule has 0 saturated carbocycles. The van der Waals surface area contributed by atoms with E-state index in [1.54, 1.807) is 0 Å². The predicted octanol–water partition coefficient (Wildman–Crippen LogP) is 3.05. The number of hydrogen-bond donors (Lipinski definition) is 3. The number of benzene rings is 1. The van der Waals surface area contributed by atoms with Gasteiger partial charge in [0.05, 0.1) is 5.92 Å². The van der Waals surface area contributed by atoms with Gasteiger partial charge in [-0.1, -0.05) is 0 Å². The zero-order chi connectivity index (χ0) is 19.5. The number of halogens is 5. The van der Waals surface area contributed by atoms with Crippen molar-refractivity contribution in [2.45, 2.75) is 18.8 Å². The van der Waals surface area contributed by atoms with Crippen LogP contribution in [0, 0.1) is 29.2 Å². The highest BCUT2D eigenvalue weighted by molar-refractivity contribution is 7.58. The van der Waals surface area contributed by atoms with Crippen molar-refractivity contribution in [3.05, 3.63) is 34.9 Å². The molecule has 0 aromatic heterocycles. The Kier molecular flexibility index (Phi) is 6.67. The summed E-state index contributed by atoms with van der Waals surface area (Å²) in [4.78, 5) is 31.1. The molecule has 0 saturated heterocycles. The lowest BCUT2D eigenvalue weighted by Gasteiger charge is -2.20. The summed E-state index contributed by atoms with van der Waals surface area (Å²) in [6.45, 7) is 0. The topological polar surface area (TPSA) is 112 Å². The molecule has 3 atom stereocenters. The number of carbonyl (C=O) groups is 2. The van der Waals surface area contributed by atoms with Gasteiger partial charge in [-0.25, -0.2) is 22.0 Å². The van der Waals surface area contributed by atoms with E-state index in [-0.39, 0.29) is 6.07 Å². The third-order valence-corrected chi connectivity index (χ3v) is 5.23. The molecule has 0 radical (unpaired) electrons. The molecule has 3 N–H and O–H groups in total. The van der Waals surface area contributed by atoms with Gasteiger partial charge in [-0.15, -0.1) is 0 Å². The molecule has 0 heterocycles. The van der Waals surface area contributed by atoms with Crippen molar-refractivity contribution in [3.63, 3.8) is 0 Å². The van der Waals surface area contributed by atoms with Crippen LogP contribution in [0.3, 0.4) is 0 Å². The maximum Gasteiger partial charge on any atom is 0.307 e. The van der Waals surface area contributed by atoms with Gasteiger partial charge in [-0.2, -0.15) is 0 Å². The molecule has 1 aromatic rings. The monoisotopic (exact) mass is 390 g/mol. The van der Waals surface area contributed by atoms with Crippen LogP contribution in [-0.4, -0.2) is 33.2 Å². The van der Waals surface area contributed by atoms with Gasteiger partial charge in [0, 0.05) is 18.1 Å². The molecule has 0 fully saturated rings. The summed E-state index contributed by atoms with van der Waals surface area (Å²) in [5, 5.41) is 17.4. The minimum absolute atomic E-state index is 0.145. The van der Waals surface area contributed by atoms with Crippen LogP contribution in [0.4, 0.5) is 22.0 Å². The van der Waals surface area contributed by atoms with Crippen LogP contribution in [0.1, 0.15) is 24.3 Å². The Hall–Kier alpha value is -2.00. The van der Waals surface area contributed by atoms with Crippen molar-refractivity contribution in [1.29, 1.82) is 0 Å². The van der Waals surface area contributed by atoms with Crippen LogP contribution in [0.5, 0.6) is 0 Å². The highest BCUT2D eigenvalue weighted by Gasteiger charge is 2.40. The van der Waals surface area contributed by atoms with Gasteiger partial charge in [0.1, 0.15) is 0 Å². The molecule has 1 aromatic carbocycles. The highest BCUT2D eigenvalue weighted by atomic mass is 31.2. The normalized spacial score (nSPS) is 16.1. The van der Waals surface area contributed by atoms with E-state index < -0.39 is 79.0 Å². The van der Waals surface area contributed by atoms with Gasteiger partial charge in [0.15, 0.2) is 23.3 Å². The van der Waals surface area contributed by atoms with E-state index in [4.69, 9.17) is 10.2 Å². The lowest BCUT2D eigenvalue weighted by atomic mass is 10.1. The van der Waals surface area contributed by atoms with Crippen molar-refractivity contribution in [2.24, 2.45) is 5.92 Å². The van der Waals surface area contributed by atoms with Crippen LogP contribution >= 0.6 is 7.37 Å². The summed E-state index contributed by atoms with van der Waals surface area (Å²) in [6, 6.07) is -0.145. The fourth-order valence-corrected chi connectivity index (χ4v) is 3.76. The lowest BCUT2D eigenvalue weighted by Crippen LogP contribution is -2.20. The van der Waals surface area contributed by atoms with Crippen molar-refractivity contribution in [2.75, 3.05) is 6.16 Å². The van der Waals surface area contributed by atoms with E-state index in [0.29, 0.717) is 0 Å². The molecule has 0 spiro atoms. The average molecular weight is 390 g/mol. The molecule has 0 amide bonds. The number of rotatable bonds is 8. The Labute approximate surface area is 137 Å². The Bertz CT molecular complexity index is 740. The Morgan fingerprint density at radius 1 is 1.08 bits per heavy atom. The van der Waals surface area contributed by atoms with Gasteiger partial charge in [0.25, 0.3) is 0 Å². The summed E-state index contributed by atoms with van der Waals surface area (Å²) in [5.41, 5.74) is -1.58. The smallest absolute Gasteiger partial charge is 0.307 e. The molecule has 12 heteroatoms. The standard InChI is InChI=1S/C13H12F5O6P/c14-7-3-6(9(15)11(17)10(7)16)12(18)25(23,24)4-5(13(21)22)1-2-8(19)20/h3,5,12H,1-2,4H2,(H,19,20)(H,21,22)(H,23,24). The molecule has 6 nitrogen and oxygen atoms in total. The van der Waals surface area contributed by atoms with Crippen molar-refractivity contribution < 1.29 is 51.2 Å². The van der Waals surface area contributed by atoms with Gasteiger partial charge >= 0.3 is 11.9 Å². The maximum absolute atomic E-state index is 14.2. The molecule has 25 heavy (non-hydrogen) atoms. The largest absolute Gasteiger partial charge is 0.481 e. The van der Waals surface area contributed by atoms with Crippen molar-refractivity contribution in [1.82, 2.24) is 0 Å². The fourth-order valence-electron chi connectivity index (χ4n) is 1.98. The number of carboxylic acids is 2. The van der Waals surface area contributed by atoms with Crippen molar-refractivity contribution in [3.8, 4) is 0 Å². The van der Waals surface area contributed by atoms with Gasteiger partial charge in [-0.05, 0) is 12.5 Å². The molecule has 0 aliphatic heterocycles. The highest BCUT2D eigenvalue weighted by Crippen LogP contribution is 2.58. The second kappa shape index (κ2) is 7.92. The molecule has 1 rings (SSSR count). The Morgan fingerprint density at radius 3 is 2.12 bits per heavy atom. The lowest BCUT2D eigenvalue weighted by molar-refractivity contribution is -0.142. The molecule has 140 valence electrons. The van der Waals surface area contributed by atoms with Gasteiger partial charge in [-0.3, -0.25) is 14.2 Å². The first-order valence-electron chi connectivity index (χ1n) is 6.61. The second-order valence-electron chi connectivity index (χ2n) is 5.13. The van der Waals surface area contributed by atoms with E-state index in [1.807, 2.05) is 0 Å². The van der Waals surface area contributed by atoms with Crippen LogP contribution in [0.25, 0.3) is 0 Å². The summed E-state index contributed by atoms with van der Waals surface area (Å²) >= 11 is 0. The number of aliphatic carboxylic acids is 2. The fraction of sp³-hybridized carbons (Fsp3) is 0.385. The van der Waals surface area contributed by atoms with Crippen LogP contribution in [0.2, 0.25) is 0 Å². The molecule has 3 unspecified atom stereocenters. The minimum atomic E-state index is -5.19. The predicted molar refractivity (Wildman–Crippen MR) is 72.8 cm³/mol. The van der Waals surface area contributed by atoms with Gasteiger partial charge < -0.3 is 15.1 Å². The first-order valence-corrected chi connectivity index (χ1v) is 8.53. The van der Waals surface area contributed by atoms with E-state index in [1.165, 1.54) is 0 Å². The third kappa shape index (κ3) is 4.99. The van der Waals surface area contributed by atoms with E-state index in [2.05, 4.69) is 0 Å². The Morgan fingerprint density at radius 2 is 1.64 bits per heavy atom. The molecule has 0 aliphatic rings. The zero-order valence-electron chi connectivity index (χ0n) is 12.3. The first-order chi connectivity index (χ1) is 11.4. The van der Waals surface area contributed by atoms with E-state index >= 15 is 0 Å². The van der Waals surface area contributed by atoms with E-state index in [0.717, 1.165) is 0 Å². The summed E-state index contributed by atoms with van der Waals surface area (Å²) in [7, 11) is -5.19. The quantitative estimate of drug-likeness (QED) is 0.272.